The van der Waals surface area contributed by atoms with Crippen molar-refractivity contribution in [1.29, 1.82) is 0 Å². The Labute approximate surface area is 166 Å². The predicted octanol–water partition coefficient (Wildman–Crippen LogP) is 4.33. The van der Waals surface area contributed by atoms with E-state index >= 15 is 0 Å². The van der Waals surface area contributed by atoms with Gasteiger partial charge in [0, 0.05) is 5.41 Å². The monoisotopic (exact) mass is 380 g/mol. The average Bonchev–Trinajstić information content (AvgIpc) is 3.25. The van der Waals surface area contributed by atoms with Crippen LogP contribution in [-0.2, 0) is 32.2 Å². The topological polar surface area (TPSA) is 36.9 Å². The first-order valence-electron chi connectivity index (χ1n) is 10.2. The molecule has 0 N–H and O–H groups in total. The van der Waals surface area contributed by atoms with Gasteiger partial charge in [-0.2, -0.15) is 0 Å². The van der Waals surface area contributed by atoms with Gasteiger partial charge in [0.2, 0.25) is 0 Å². The maximum Gasteiger partial charge on any atom is 0.163 e. The van der Waals surface area contributed by atoms with Crippen LogP contribution in [0.15, 0.2) is 60.7 Å². The second-order valence-electron chi connectivity index (χ2n) is 8.80. The zero-order valence-corrected chi connectivity index (χ0v) is 16.5. The highest BCUT2D eigenvalue weighted by molar-refractivity contribution is 5.23. The van der Waals surface area contributed by atoms with E-state index in [2.05, 4.69) is 24.3 Å². The summed E-state index contributed by atoms with van der Waals surface area (Å²) in [5.74, 6) is -0.0839. The molecule has 1 saturated heterocycles. The maximum atomic E-state index is 6.47. The van der Waals surface area contributed by atoms with Crippen LogP contribution in [0.1, 0.15) is 31.4 Å². The fourth-order valence-corrected chi connectivity index (χ4v) is 5.01. The zero-order chi connectivity index (χ0) is 19.2. The van der Waals surface area contributed by atoms with Crippen molar-refractivity contribution in [2.45, 2.75) is 57.6 Å². The molecule has 4 nitrogen and oxygen atoms in total. The van der Waals surface area contributed by atoms with Crippen LogP contribution in [0.2, 0.25) is 0 Å². The molecule has 0 unspecified atom stereocenters. The number of hydrogen-bond acceptors (Lipinski definition) is 4. The molecule has 0 amide bonds. The zero-order valence-electron chi connectivity index (χ0n) is 16.5. The second kappa shape index (κ2) is 6.96. The minimum atomic E-state index is -0.538. The van der Waals surface area contributed by atoms with Gasteiger partial charge < -0.3 is 18.9 Å². The summed E-state index contributed by atoms with van der Waals surface area (Å²) in [6.07, 6.45) is 1.18. The first kappa shape index (κ1) is 18.3. The van der Waals surface area contributed by atoms with Gasteiger partial charge in [-0.1, -0.05) is 60.7 Å². The number of fused-ring (bicyclic) bond motifs is 3. The van der Waals surface area contributed by atoms with Crippen LogP contribution in [-0.4, -0.2) is 30.7 Å². The van der Waals surface area contributed by atoms with E-state index < -0.39 is 5.79 Å². The predicted molar refractivity (Wildman–Crippen MR) is 105 cm³/mol. The van der Waals surface area contributed by atoms with Crippen LogP contribution < -0.4 is 0 Å². The number of hydrogen-bond donors (Lipinski definition) is 0. The van der Waals surface area contributed by atoms with Crippen molar-refractivity contribution < 1.29 is 18.9 Å². The molecule has 2 aromatic carbocycles. The third kappa shape index (κ3) is 3.29. The molecule has 2 saturated carbocycles. The highest BCUT2D eigenvalue weighted by Crippen LogP contribution is 2.68. The minimum Gasteiger partial charge on any atom is -0.376 e. The van der Waals surface area contributed by atoms with Crippen LogP contribution in [0.25, 0.3) is 0 Å². The number of ether oxygens (including phenoxy) is 4. The lowest BCUT2D eigenvalue weighted by Gasteiger charge is -2.29. The van der Waals surface area contributed by atoms with E-state index in [4.69, 9.17) is 18.9 Å². The molecule has 0 radical (unpaired) electrons. The summed E-state index contributed by atoms with van der Waals surface area (Å²) in [5.41, 5.74) is 2.39. The average molecular weight is 380 g/mol. The van der Waals surface area contributed by atoms with E-state index in [9.17, 15) is 0 Å². The van der Waals surface area contributed by atoms with E-state index in [-0.39, 0.29) is 23.7 Å². The first-order valence-corrected chi connectivity index (χ1v) is 10.2. The van der Waals surface area contributed by atoms with Gasteiger partial charge in [0.1, 0.15) is 6.10 Å². The van der Waals surface area contributed by atoms with Crippen molar-refractivity contribution in [3.05, 3.63) is 71.8 Å². The lowest BCUT2D eigenvalue weighted by Crippen LogP contribution is -2.39. The van der Waals surface area contributed by atoms with Gasteiger partial charge >= 0.3 is 0 Å². The van der Waals surface area contributed by atoms with Gasteiger partial charge in [-0.05, 0) is 37.3 Å². The van der Waals surface area contributed by atoms with Crippen LogP contribution in [0, 0.1) is 11.3 Å². The number of benzene rings is 2. The minimum absolute atomic E-state index is 0.000236. The van der Waals surface area contributed by atoms with E-state index in [1.807, 2.05) is 50.2 Å². The van der Waals surface area contributed by atoms with E-state index in [1.54, 1.807) is 0 Å². The molecule has 2 aliphatic carbocycles. The molecule has 148 valence electrons. The normalized spacial score (nSPS) is 34.8. The Balaban J connectivity index is 1.29. The SMILES string of the molecule is CC1(C)O[C@@H]2[C@H](O1)[C@H](OCc1ccccc1)[C@]1(COCc3ccccc3)C[C@H]21. The molecule has 0 aromatic heterocycles. The fourth-order valence-electron chi connectivity index (χ4n) is 5.01. The van der Waals surface area contributed by atoms with Gasteiger partial charge in [0.15, 0.2) is 5.79 Å². The van der Waals surface area contributed by atoms with Crippen LogP contribution in [0.3, 0.4) is 0 Å². The summed E-state index contributed by atoms with van der Waals surface area (Å²) in [4.78, 5) is 0. The largest absolute Gasteiger partial charge is 0.376 e. The molecule has 1 heterocycles. The van der Waals surface area contributed by atoms with Crippen LogP contribution >= 0.6 is 0 Å². The van der Waals surface area contributed by atoms with Gasteiger partial charge in [-0.15, -0.1) is 0 Å². The Bertz CT molecular complexity index is 806. The van der Waals surface area contributed by atoms with Gasteiger partial charge in [0.25, 0.3) is 0 Å². The first-order chi connectivity index (χ1) is 13.6. The van der Waals surface area contributed by atoms with Crippen molar-refractivity contribution in [2.24, 2.45) is 11.3 Å². The highest BCUT2D eigenvalue weighted by atomic mass is 16.8. The van der Waals surface area contributed by atoms with Crippen molar-refractivity contribution >= 4 is 0 Å². The Kier molecular flexibility index (Phi) is 4.55. The maximum absolute atomic E-state index is 6.47. The van der Waals surface area contributed by atoms with Gasteiger partial charge in [-0.3, -0.25) is 0 Å². The standard InChI is InChI=1S/C24H28O4/c1-23(2)27-20-19-13-24(19,16-25-14-17-9-5-3-6-10-17)22(21(20)28-23)26-15-18-11-7-4-8-12-18/h3-12,19-22H,13-16H2,1-2H3/t19-,20+,21+,22+,24+/m1/s1. The smallest absolute Gasteiger partial charge is 0.163 e. The van der Waals surface area contributed by atoms with E-state index in [0.717, 1.165) is 6.42 Å². The molecular formula is C24H28O4. The molecule has 0 bridgehead atoms. The second-order valence-corrected chi connectivity index (χ2v) is 8.80. The molecular weight excluding hydrogens is 352 g/mol. The third-order valence-corrected chi connectivity index (χ3v) is 6.36. The van der Waals surface area contributed by atoms with Gasteiger partial charge in [0.05, 0.1) is 32.0 Å². The summed E-state index contributed by atoms with van der Waals surface area (Å²) in [6.45, 7) is 5.90. The molecule has 0 spiro atoms. The molecule has 1 aliphatic heterocycles. The molecule has 5 atom stereocenters. The summed E-state index contributed by atoms with van der Waals surface area (Å²) in [5, 5.41) is 0. The van der Waals surface area contributed by atoms with E-state index in [0.29, 0.717) is 25.7 Å². The Morgan fingerprint density at radius 2 is 1.46 bits per heavy atom. The molecule has 2 aromatic rings. The summed E-state index contributed by atoms with van der Waals surface area (Å²) < 4.78 is 25.1. The molecule has 5 rings (SSSR count). The van der Waals surface area contributed by atoms with Crippen molar-refractivity contribution in [1.82, 2.24) is 0 Å². The third-order valence-electron chi connectivity index (χ3n) is 6.36. The van der Waals surface area contributed by atoms with E-state index in [1.165, 1.54) is 11.1 Å². The molecule has 4 heteroatoms. The van der Waals surface area contributed by atoms with Crippen LogP contribution in [0.4, 0.5) is 0 Å². The summed E-state index contributed by atoms with van der Waals surface area (Å²) in [7, 11) is 0. The Morgan fingerprint density at radius 1 is 0.857 bits per heavy atom. The van der Waals surface area contributed by atoms with Gasteiger partial charge in [-0.25, -0.2) is 0 Å². The van der Waals surface area contributed by atoms with Crippen molar-refractivity contribution in [3.8, 4) is 0 Å². The fraction of sp³-hybridized carbons (Fsp3) is 0.500. The van der Waals surface area contributed by atoms with Crippen molar-refractivity contribution in [2.75, 3.05) is 6.61 Å². The quantitative estimate of drug-likeness (QED) is 0.717. The van der Waals surface area contributed by atoms with Crippen LogP contribution in [0.5, 0.6) is 0 Å². The Hall–Kier alpha value is -1.72. The summed E-state index contributed by atoms with van der Waals surface area (Å²) in [6, 6.07) is 20.7. The summed E-state index contributed by atoms with van der Waals surface area (Å²) >= 11 is 0. The molecule has 28 heavy (non-hydrogen) atoms. The lowest BCUT2D eigenvalue weighted by molar-refractivity contribution is -0.180. The number of rotatable bonds is 7. The highest BCUT2D eigenvalue weighted by Gasteiger charge is 2.75. The molecule has 3 aliphatic rings. The molecule has 3 fully saturated rings. The Morgan fingerprint density at radius 3 is 2.14 bits per heavy atom. The lowest BCUT2D eigenvalue weighted by atomic mass is 10.00. The van der Waals surface area contributed by atoms with Crippen molar-refractivity contribution in [3.63, 3.8) is 0 Å².